The van der Waals surface area contributed by atoms with Crippen LogP contribution < -0.4 is 0 Å². The number of rotatable bonds is 3. The second-order valence-corrected chi connectivity index (χ2v) is 4.18. The Bertz CT molecular complexity index is 525. The van der Waals surface area contributed by atoms with Crippen molar-refractivity contribution in [2.45, 2.75) is 11.1 Å². The van der Waals surface area contributed by atoms with Crippen molar-refractivity contribution in [3.05, 3.63) is 28.8 Å². The van der Waals surface area contributed by atoms with Crippen LogP contribution in [0.2, 0.25) is 0 Å². The van der Waals surface area contributed by atoms with E-state index in [0.717, 1.165) is 24.9 Å². The van der Waals surface area contributed by atoms with Gasteiger partial charge in [0.25, 0.3) is 0 Å². The van der Waals surface area contributed by atoms with Crippen LogP contribution in [0.15, 0.2) is 17.0 Å². The summed E-state index contributed by atoms with van der Waals surface area (Å²) in [4.78, 5) is 22.2. The van der Waals surface area contributed by atoms with Crippen LogP contribution in [0.3, 0.4) is 0 Å². The number of hydrogen-bond acceptors (Lipinski definition) is 4. The number of alkyl halides is 3. The highest BCUT2D eigenvalue weighted by Crippen LogP contribution is 2.38. The van der Waals surface area contributed by atoms with E-state index < -0.39 is 29.2 Å². The maximum Gasteiger partial charge on any atom is 0.417 e. The minimum atomic E-state index is -4.77. The number of hydrogen-bond donors (Lipinski definition) is 1. The smallest absolute Gasteiger partial charge is 0.417 e. The largest absolute Gasteiger partial charge is 0.478 e. The average molecular weight is 294 g/mol. The highest BCUT2D eigenvalue weighted by molar-refractivity contribution is 7.98. The van der Waals surface area contributed by atoms with Crippen LogP contribution in [0.25, 0.3) is 0 Å². The SMILES string of the molecule is COC(=O)c1c(C(F)(F)F)ccc(C(=O)O)c1SC. The summed E-state index contributed by atoms with van der Waals surface area (Å²) in [6, 6.07) is 1.39. The lowest BCUT2D eigenvalue weighted by molar-refractivity contribution is -0.138. The van der Waals surface area contributed by atoms with Gasteiger partial charge in [0.05, 0.1) is 23.8 Å². The van der Waals surface area contributed by atoms with Gasteiger partial charge in [-0.25, -0.2) is 9.59 Å². The summed E-state index contributed by atoms with van der Waals surface area (Å²) in [5, 5.41) is 8.92. The van der Waals surface area contributed by atoms with Crippen molar-refractivity contribution < 1.29 is 32.6 Å². The van der Waals surface area contributed by atoms with E-state index in [1.54, 1.807) is 0 Å². The van der Waals surface area contributed by atoms with E-state index in [1.807, 2.05) is 0 Å². The monoisotopic (exact) mass is 294 g/mol. The second-order valence-electron chi connectivity index (χ2n) is 3.36. The number of carbonyl (C=O) groups is 2. The molecule has 0 aliphatic heterocycles. The fourth-order valence-corrected chi connectivity index (χ4v) is 2.28. The Balaban J connectivity index is 3.70. The summed E-state index contributed by atoms with van der Waals surface area (Å²) in [5.74, 6) is -2.64. The summed E-state index contributed by atoms with van der Waals surface area (Å²) in [6.45, 7) is 0. The number of benzene rings is 1. The van der Waals surface area contributed by atoms with Gasteiger partial charge in [-0.3, -0.25) is 0 Å². The summed E-state index contributed by atoms with van der Waals surface area (Å²) in [7, 11) is 0.931. The third-order valence-corrected chi connectivity index (χ3v) is 3.12. The van der Waals surface area contributed by atoms with Crippen molar-refractivity contribution >= 4 is 23.7 Å². The maximum atomic E-state index is 12.8. The highest BCUT2D eigenvalue weighted by Gasteiger charge is 2.38. The van der Waals surface area contributed by atoms with E-state index in [-0.39, 0.29) is 10.5 Å². The molecule has 0 aliphatic rings. The topological polar surface area (TPSA) is 63.6 Å². The number of esters is 1. The zero-order valence-corrected chi connectivity index (χ0v) is 10.7. The summed E-state index contributed by atoms with van der Waals surface area (Å²) in [6.07, 6.45) is -3.39. The van der Waals surface area contributed by atoms with Gasteiger partial charge >= 0.3 is 18.1 Å². The molecule has 0 atom stereocenters. The van der Waals surface area contributed by atoms with E-state index in [2.05, 4.69) is 4.74 Å². The molecule has 1 N–H and O–H groups in total. The van der Waals surface area contributed by atoms with E-state index >= 15 is 0 Å². The molecule has 0 saturated heterocycles. The lowest BCUT2D eigenvalue weighted by Gasteiger charge is -2.16. The van der Waals surface area contributed by atoms with Gasteiger partial charge in [-0.2, -0.15) is 13.2 Å². The van der Waals surface area contributed by atoms with Crippen molar-refractivity contribution in [1.29, 1.82) is 0 Å². The number of halogens is 3. The number of carboxylic acids is 1. The molecule has 0 amide bonds. The van der Waals surface area contributed by atoms with Crippen LogP contribution in [0.1, 0.15) is 26.3 Å². The first-order chi connectivity index (χ1) is 8.73. The average Bonchev–Trinajstić information content (AvgIpc) is 2.34. The number of ether oxygens (including phenoxy) is 1. The summed E-state index contributed by atoms with van der Waals surface area (Å²) >= 11 is 0.743. The quantitative estimate of drug-likeness (QED) is 0.686. The van der Waals surface area contributed by atoms with E-state index in [1.165, 1.54) is 6.26 Å². The summed E-state index contributed by atoms with van der Waals surface area (Å²) < 4.78 is 42.8. The highest BCUT2D eigenvalue weighted by atomic mass is 32.2. The Morgan fingerprint density at radius 2 is 1.89 bits per heavy atom. The molecular weight excluding hydrogens is 285 g/mol. The fraction of sp³-hybridized carbons (Fsp3) is 0.273. The third kappa shape index (κ3) is 3.01. The lowest BCUT2D eigenvalue weighted by atomic mass is 10.0. The molecule has 19 heavy (non-hydrogen) atoms. The van der Waals surface area contributed by atoms with Crippen LogP contribution in [0.5, 0.6) is 0 Å². The molecule has 1 rings (SSSR count). The number of aromatic carboxylic acids is 1. The number of carboxylic acid groups (broad SMARTS) is 1. The lowest BCUT2D eigenvalue weighted by Crippen LogP contribution is -2.17. The van der Waals surface area contributed by atoms with Crippen LogP contribution in [-0.2, 0) is 10.9 Å². The molecule has 8 heteroatoms. The minimum absolute atomic E-state index is 0.269. The Labute approximate surface area is 110 Å². The predicted octanol–water partition coefficient (Wildman–Crippen LogP) is 2.91. The first-order valence-corrected chi connectivity index (χ1v) is 6.06. The molecule has 104 valence electrons. The molecule has 1 aromatic rings. The predicted molar refractivity (Wildman–Crippen MR) is 61.5 cm³/mol. The van der Waals surface area contributed by atoms with Gasteiger partial charge in [-0.1, -0.05) is 0 Å². The molecule has 0 spiro atoms. The number of carbonyl (C=O) groups excluding carboxylic acids is 1. The Kier molecular flexibility index (Phi) is 4.46. The van der Waals surface area contributed by atoms with Gasteiger partial charge in [-0.05, 0) is 18.4 Å². The van der Waals surface area contributed by atoms with Crippen LogP contribution >= 0.6 is 11.8 Å². The van der Waals surface area contributed by atoms with Crippen LogP contribution in [0, 0.1) is 0 Å². The van der Waals surface area contributed by atoms with E-state index in [9.17, 15) is 22.8 Å². The molecule has 0 fully saturated rings. The van der Waals surface area contributed by atoms with Crippen LogP contribution in [-0.4, -0.2) is 30.4 Å². The normalized spacial score (nSPS) is 11.2. The van der Waals surface area contributed by atoms with Gasteiger partial charge < -0.3 is 9.84 Å². The molecule has 0 bridgehead atoms. The molecule has 0 aliphatic carbocycles. The van der Waals surface area contributed by atoms with Crippen molar-refractivity contribution in [3.8, 4) is 0 Å². The maximum absolute atomic E-state index is 12.8. The Morgan fingerprint density at radius 3 is 2.26 bits per heavy atom. The van der Waals surface area contributed by atoms with Crippen molar-refractivity contribution in [1.82, 2.24) is 0 Å². The first-order valence-electron chi connectivity index (χ1n) is 4.83. The molecule has 1 aromatic carbocycles. The fourth-order valence-electron chi connectivity index (χ4n) is 1.50. The van der Waals surface area contributed by atoms with Gasteiger partial charge in [0.15, 0.2) is 0 Å². The van der Waals surface area contributed by atoms with Gasteiger partial charge in [0.1, 0.15) is 0 Å². The van der Waals surface area contributed by atoms with Gasteiger partial charge in [-0.15, -0.1) is 11.8 Å². The molecule has 0 saturated carbocycles. The molecule has 0 heterocycles. The first kappa shape index (κ1) is 15.4. The molecule has 0 unspecified atom stereocenters. The van der Waals surface area contributed by atoms with Crippen molar-refractivity contribution in [2.75, 3.05) is 13.4 Å². The van der Waals surface area contributed by atoms with Gasteiger partial charge in [0.2, 0.25) is 0 Å². The number of methoxy groups -OCH3 is 1. The van der Waals surface area contributed by atoms with Crippen LogP contribution in [0.4, 0.5) is 13.2 Å². The standard InChI is InChI=1S/C11H9F3O4S/c1-18-10(17)7-6(11(12,13)14)4-3-5(9(15)16)8(7)19-2/h3-4H,1-2H3,(H,15,16). The zero-order chi connectivity index (χ0) is 14.8. The zero-order valence-electron chi connectivity index (χ0n) is 9.87. The molecular formula is C11H9F3O4S. The number of thioether (sulfide) groups is 1. The third-order valence-electron chi connectivity index (χ3n) is 2.29. The molecule has 4 nitrogen and oxygen atoms in total. The van der Waals surface area contributed by atoms with E-state index in [0.29, 0.717) is 6.07 Å². The summed E-state index contributed by atoms with van der Waals surface area (Å²) in [5.41, 5.74) is -2.36. The second kappa shape index (κ2) is 5.52. The van der Waals surface area contributed by atoms with Crippen molar-refractivity contribution in [2.24, 2.45) is 0 Å². The minimum Gasteiger partial charge on any atom is -0.478 e. The van der Waals surface area contributed by atoms with Gasteiger partial charge in [0, 0.05) is 4.90 Å². The van der Waals surface area contributed by atoms with E-state index in [4.69, 9.17) is 5.11 Å². The molecule has 0 radical (unpaired) electrons. The Hall–Kier alpha value is -1.70. The molecule has 0 aromatic heterocycles. The Morgan fingerprint density at radius 1 is 1.32 bits per heavy atom. The van der Waals surface area contributed by atoms with Crippen molar-refractivity contribution in [3.63, 3.8) is 0 Å².